The van der Waals surface area contributed by atoms with Crippen LogP contribution in [0.3, 0.4) is 0 Å². The second-order valence-electron chi connectivity index (χ2n) is 3.99. The van der Waals surface area contributed by atoms with E-state index in [-0.39, 0.29) is 9.80 Å². The molecule has 5 heteroatoms. The number of rotatable bonds is 3. The number of benzene rings is 2. The van der Waals surface area contributed by atoms with Gasteiger partial charge >= 0.3 is 0 Å². The summed E-state index contributed by atoms with van der Waals surface area (Å²) in [5, 5.41) is 9.07. The van der Waals surface area contributed by atoms with Gasteiger partial charge in [-0.15, -0.1) is 0 Å². The Balaban J connectivity index is 2.49. The number of hydrogen-bond donors (Lipinski definition) is 0. The number of nitrogens with zero attached hydrogens (tertiary/aromatic N) is 1. The number of halogens is 1. The molecule has 0 atom stereocenters. The molecule has 20 heavy (non-hydrogen) atoms. The van der Waals surface area contributed by atoms with E-state index in [1.54, 1.807) is 36.4 Å². The van der Waals surface area contributed by atoms with E-state index >= 15 is 0 Å². The smallest absolute Gasteiger partial charge is 0.216 e. The standard InChI is InChI=1S/C15H10FNO2S/c16-13-6-8-14(9-7-13)20(18,19)15(11-17)10-12-4-2-1-3-5-12/h1-10H/b15-10-. The minimum atomic E-state index is -3.93. The maximum atomic E-state index is 12.8. The molecule has 0 aliphatic carbocycles. The maximum Gasteiger partial charge on any atom is 0.216 e. The van der Waals surface area contributed by atoms with Crippen LogP contribution in [-0.2, 0) is 9.84 Å². The van der Waals surface area contributed by atoms with Crippen LogP contribution in [0.4, 0.5) is 4.39 Å². The van der Waals surface area contributed by atoms with E-state index in [0.717, 1.165) is 24.3 Å². The second-order valence-corrected chi connectivity index (χ2v) is 5.91. The van der Waals surface area contributed by atoms with Gasteiger partial charge in [-0.1, -0.05) is 30.3 Å². The van der Waals surface area contributed by atoms with Crippen molar-refractivity contribution in [3.05, 3.63) is 70.9 Å². The molecule has 0 aliphatic rings. The molecule has 0 fully saturated rings. The van der Waals surface area contributed by atoms with Gasteiger partial charge < -0.3 is 0 Å². The van der Waals surface area contributed by atoms with Crippen LogP contribution in [0.25, 0.3) is 6.08 Å². The van der Waals surface area contributed by atoms with Crippen molar-refractivity contribution in [2.45, 2.75) is 4.90 Å². The Morgan fingerprint density at radius 1 is 1.05 bits per heavy atom. The molecular weight excluding hydrogens is 277 g/mol. The minimum Gasteiger partial charge on any atom is -0.218 e. The van der Waals surface area contributed by atoms with Crippen molar-refractivity contribution in [2.75, 3.05) is 0 Å². The Bertz CT molecular complexity index is 773. The predicted octanol–water partition coefficient (Wildman–Crippen LogP) is 3.16. The van der Waals surface area contributed by atoms with Crippen LogP contribution in [0.5, 0.6) is 0 Å². The summed E-state index contributed by atoms with van der Waals surface area (Å²) < 4.78 is 37.4. The first-order chi connectivity index (χ1) is 9.54. The fourth-order valence-corrected chi connectivity index (χ4v) is 2.77. The molecule has 0 radical (unpaired) electrons. The molecule has 0 saturated heterocycles. The first-order valence-corrected chi connectivity index (χ1v) is 7.20. The summed E-state index contributed by atoms with van der Waals surface area (Å²) in [6.45, 7) is 0. The van der Waals surface area contributed by atoms with Gasteiger partial charge in [0.25, 0.3) is 0 Å². The summed E-state index contributed by atoms with van der Waals surface area (Å²) in [7, 11) is -3.93. The fourth-order valence-electron chi connectivity index (χ4n) is 1.61. The third kappa shape index (κ3) is 2.92. The van der Waals surface area contributed by atoms with E-state index < -0.39 is 15.7 Å². The van der Waals surface area contributed by atoms with Crippen LogP contribution >= 0.6 is 0 Å². The summed E-state index contributed by atoms with van der Waals surface area (Å²) in [6.07, 6.45) is 1.29. The number of sulfone groups is 1. The fraction of sp³-hybridized carbons (Fsp3) is 0. The molecule has 0 bridgehead atoms. The Kier molecular flexibility index (Phi) is 3.97. The van der Waals surface area contributed by atoms with Gasteiger partial charge in [0, 0.05) is 0 Å². The predicted molar refractivity (Wildman–Crippen MR) is 73.6 cm³/mol. The van der Waals surface area contributed by atoms with Crippen molar-refractivity contribution in [1.29, 1.82) is 5.26 Å². The van der Waals surface area contributed by atoms with Crippen LogP contribution in [0.15, 0.2) is 64.4 Å². The molecule has 2 rings (SSSR count). The lowest BCUT2D eigenvalue weighted by molar-refractivity contribution is 0.601. The molecule has 2 aromatic carbocycles. The van der Waals surface area contributed by atoms with E-state index in [2.05, 4.69) is 0 Å². The lowest BCUT2D eigenvalue weighted by Crippen LogP contribution is -2.03. The largest absolute Gasteiger partial charge is 0.218 e. The lowest BCUT2D eigenvalue weighted by atomic mass is 10.2. The van der Waals surface area contributed by atoms with Gasteiger partial charge in [-0.05, 0) is 35.9 Å². The van der Waals surface area contributed by atoms with Crippen molar-refractivity contribution in [2.24, 2.45) is 0 Å². The first kappa shape index (κ1) is 14.0. The van der Waals surface area contributed by atoms with Crippen molar-refractivity contribution in [3.8, 4) is 6.07 Å². The van der Waals surface area contributed by atoms with E-state index in [1.165, 1.54) is 6.08 Å². The highest BCUT2D eigenvalue weighted by atomic mass is 32.2. The molecule has 0 saturated carbocycles. The van der Waals surface area contributed by atoms with E-state index in [4.69, 9.17) is 5.26 Å². The van der Waals surface area contributed by atoms with E-state index in [9.17, 15) is 12.8 Å². The van der Waals surface area contributed by atoms with Crippen LogP contribution in [-0.4, -0.2) is 8.42 Å². The molecule has 0 amide bonds. The van der Waals surface area contributed by atoms with Crippen LogP contribution in [0, 0.1) is 17.1 Å². The van der Waals surface area contributed by atoms with Gasteiger partial charge in [0.2, 0.25) is 9.84 Å². The lowest BCUT2D eigenvalue weighted by Gasteiger charge is -2.03. The SMILES string of the molecule is N#C/C(=C/c1ccccc1)S(=O)(=O)c1ccc(F)cc1. The molecular formula is C15H10FNO2S. The van der Waals surface area contributed by atoms with Crippen molar-refractivity contribution in [3.63, 3.8) is 0 Å². The monoisotopic (exact) mass is 287 g/mol. The quantitative estimate of drug-likeness (QED) is 0.643. The number of nitriles is 1. The molecule has 0 N–H and O–H groups in total. The molecule has 0 aliphatic heterocycles. The molecule has 0 heterocycles. The zero-order valence-corrected chi connectivity index (χ0v) is 11.1. The van der Waals surface area contributed by atoms with Crippen LogP contribution < -0.4 is 0 Å². The zero-order chi connectivity index (χ0) is 14.6. The highest BCUT2D eigenvalue weighted by Crippen LogP contribution is 2.21. The Hall–Kier alpha value is -2.45. The number of hydrogen-bond acceptors (Lipinski definition) is 3. The van der Waals surface area contributed by atoms with Crippen LogP contribution in [0.2, 0.25) is 0 Å². The summed E-state index contributed by atoms with van der Waals surface area (Å²) in [5.74, 6) is -0.533. The van der Waals surface area contributed by atoms with Gasteiger partial charge in [-0.25, -0.2) is 12.8 Å². The highest BCUT2D eigenvalue weighted by molar-refractivity contribution is 7.95. The van der Waals surface area contributed by atoms with E-state index in [1.807, 2.05) is 0 Å². The number of allylic oxidation sites excluding steroid dienone is 1. The molecule has 2 aromatic rings. The van der Waals surface area contributed by atoms with Gasteiger partial charge in [0.15, 0.2) is 0 Å². The third-order valence-electron chi connectivity index (χ3n) is 2.62. The molecule has 0 unspecified atom stereocenters. The zero-order valence-electron chi connectivity index (χ0n) is 10.3. The van der Waals surface area contributed by atoms with Crippen molar-refractivity contribution >= 4 is 15.9 Å². The van der Waals surface area contributed by atoms with Gasteiger partial charge in [-0.3, -0.25) is 0 Å². The summed E-state index contributed by atoms with van der Waals surface area (Å²) >= 11 is 0. The highest BCUT2D eigenvalue weighted by Gasteiger charge is 2.20. The summed E-state index contributed by atoms with van der Waals surface area (Å²) in [5.41, 5.74) is 0.606. The topological polar surface area (TPSA) is 57.9 Å². The van der Waals surface area contributed by atoms with Gasteiger partial charge in [0.05, 0.1) is 4.90 Å². The second kappa shape index (κ2) is 5.68. The molecule has 0 aromatic heterocycles. The molecule has 0 spiro atoms. The average Bonchev–Trinajstić information content (AvgIpc) is 2.46. The first-order valence-electron chi connectivity index (χ1n) is 5.71. The normalized spacial score (nSPS) is 11.9. The summed E-state index contributed by atoms with van der Waals surface area (Å²) in [6, 6.07) is 14.7. The van der Waals surface area contributed by atoms with Crippen LogP contribution in [0.1, 0.15) is 5.56 Å². The molecule has 100 valence electrons. The third-order valence-corrected chi connectivity index (χ3v) is 4.30. The van der Waals surface area contributed by atoms with Crippen molar-refractivity contribution < 1.29 is 12.8 Å². The Morgan fingerprint density at radius 3 is 2.20 bits per heavy atom. The Morgan fingerprint density at radius 2 is 1.65 bits per heavy atom. The van der Waals surface area contributed by atoms with Gasteiger partial charge in [0.1, 0.15) is 16.8 Å². The van der Waals surface area contributed by atoms with E-state index in [0.29, 0.717) is 5.56 Å². The Labute approximate surface area is 116 Å². The molecule has 3 nitrogen and oxygen atoms in total. The summed E-state index contributed by atoms with van der Waals surface area (Å²) in [4.78, 5) is -0.488. The minimum absolute atomic E-state index is 0.109. The average molecular weight is 287 g/mol. The van der Waals surface area contributed by atoms with Gasteiger partial charge in [-0.2, -0.15) is 5.26 Å². The maximum absolute atomic E-state index is 12.8. The van der Waals surface area contributed by atoms with Crippen molar-refractivity contribution in [1.82, 2.24) is 0 Å².